The van der Waals surface area contributed by atoms with Crippen LogP contribution < -0.4 is 9.64 Å². The van der Waals surface area contributed by atoms with E-state index in [1.54, 1.807) is 35.0 Å². The van der Waals surface area contributed by atoms with Crippen molar-refractivity contribution >= 4 is 23.8 Å². The van der Waals surface area contributed by atoms with E-state index >= 15 is 0 Å². The van der Waals surface area contributed by atoms with Crippen molar-refractivity contribution in [2.45, 2.75) is 13.8 Å². The first-order valence-corrected chi connectivity index (χ1v) is 7.90. The molecule has 0 saturated carbocycles. The lowest BCUT2D eigenvalue weighted by Gasteiger charge is -2.12. The van der Waals surface area contributed by atoms with Gasteiger partial charge in [0, 0.05) is 30.1 Å². The van der Waals surface area contributed by atoms with Crippen LogP contribution in [-0.4, -0.2) is 35.0 Å². The Kier molecular flexibility index (Phi) is 4.56. The maximum Gasteiger partial charge on any atom is 0.414 e. The van der Waals surface area contributed by atoms with Crippen LogP contribution in [0.1, 0.15) is 17.0 Å². The lowest BCUT2D eigenvalue weighted by molar-refractivity contribution is -0.128. The zero-order valence-corrected chi connectivity index (χ0v) is 14.4. The second-order valence-electron chi connectivity index (χ2n) is 5.72. The molecule has 2 heterocycles. The molecule has 0 radical (unpaired) electrons. The summed E-state index contributed by atoms with van der Waals surface area (Å²) in [6, 6.07) is 6.73. The molecule has 1 aliphatic heterocycles. The number of aromatic nitrogens is 2. The molecule has 25 heavy (non-hydrogen) atoms. The molecule has 0 spiro atoms. The van der Waals surface area contributed by atoms with Crippen LogP contribution in [0.2, 0.25) is 0 Å². The first kappa shape index (κ1) is 16.8. The molecule has 7 heteroatoms. The van der Waals surface area contributed by atoms with Crippen LogP contribution in [0.15, 0.2) is 30.3 Å². The predicted octanol–water partition coefficient (Wildman–Crippen LogP) is 2.61. The average molecular weight is 341 g/mol. The monoisotopic (exact) mass is 341 g/mol. The number of ether oxygens (including phenoxy) is 2. The Bertz CT molecular complexity index is 837. The second-order valence-corrected chi connectivity index (χ2v) is 5.72. The number of amides is 1. The van der Waals surface area contributed by atoms with Gasteiger partial charge in [-0.25, -0.2) is 9.59 Å². The SMILES string of the molecule is Cc1nn(C)c(C)c1/C=C/C(=O)Oc1ccc(N2CCOC2=O)cc1. The summed E-state index contributed by atoms with van der Waals surface area (Å²) in [6.45, 7) is 4.73. The molecule has 1 saturated heterocycles. The fourth-order valence-electron chi connectivity index (χ4n) is 2.65. The van der Waals surface area contributed by atoms with Gasteiger partial charge in [0.25, 0.3) is 0 Å². The Labute approximate surface area is 145 Å². The number of cyclic esters (lactones) is 1. The summed E-state index contributed by atoms with van der Waals surface area (Å²) in [7, 11) is 1.86. The summed E-state index contributed by atoms with van der Waals surface area (Å²) in [4.78, 5) is 25.0. The van der Waals surface area contributed by atoms with Gasteiger partial charge >= 0.3 is 12.1 Å². The predicted molar refractivity (Wildman–Crippen MR) is 92.5 cm³/mol. The summed E-state index contributed by atoms with van der Waals surface area (Å²) in [6.07, 6.45) is 2.71. The normalized spacial score (nSPS) is 14.2. The highest BCUT2D eigenvalue weighted by Crippen LogP contribution is 2.22. The molecule has 1 aromatic carbocycles. The first-order chi connectivity index (χ1) is 12.0. The summed E-state index contributed by atoms with van der Waals surface area (Å²) >= 11 is 0. The van der Waals surface area contributed by atoms with Crippen LogP contribution in [-0.2, 0) is 16.6 Å². The minimum Gasteiger partial charge on any atom is -0.447 e. The lowest BCUT2D eigenvalue weighted by Crippen LogP contribution is -2.23. The summed E-state index contributed by atoms with van der Waals surface area (Å²) in [5.74, 6) is -0.0680. The number of benzene rings is 1. The van der Waals surface area contributed by atoms with Gasteiger partial charge in [0.2, 0.25) is 0 Å². The molecule has 1 fully saturated rings. The highest BCUT2D eigenvalue weighted by atomic mass is 16.6. The number of esters is 1. The molecule has 0 atom stereocenters. The van der Waals surface area contributed by atoms with Gasteiger partial charge in [-0.15, -0.1) is 0 Å². The Balaban J connectivity index is 1.65. The van der Waals surface area contributed by atoms with Crippen molar-refractivity contribution in [1.82, 2.24) is 9.78 Å². The third kappa shape index (κ3) is 3.55. The molecule has 0 bridgehead atoms. The lowest BCUT2D eigenvalue weighted by atomic mass is 10.2. The smallest absolute Gasteiger partial charge is 0.414 e. The van der Waals surface area contributed by atoms with Crippen molar-refractivity contribution in [2.75, 3.05) is 18.1 Å². The molecule has 3 rings (SSSR count). The number of anilines is 1. The minimum absolute atomic E-state index is 0.366. The number of rotatable bonds is 4. The molecule has 0 aliphatic carbocycles. The maximum absolute atomic E-state index is 12.0. The molecule has 2 aromatic rings. The van der Waals surface area contributed by atoms with E-state index in [1.165, 1.54) is 11.0 Å². The summed E-state index contributed by atoms with van der Waals surface area (Å²) in [5, 5.41) is 4.30. The summed E-state index contributed by atoms with van der Waals surface area (Å²) < 4.78 is 11.9. The number of carbonyl (C=O) groups excluding carboxylic acids is 2. The van der Waals surface area contributed by atoms with E-state index in [0.29, 0.717) is 24.6 Å². The molecular formula is C18H19N3O4. The largest absolute Gasteiger partial charge is 0.447 e. The fraction of sp³-hybridized carbons (Fsp3) is 0.278. The molecular weight excluding hydrogens is 322 g/mol. The molecule has 130 valence electrons. The van der Waals surface area contributed by atoms with Gasteiger partial charge < -0.3 is 9.47 Å². The van der Waals surface area contributed by atoms with Crippen LogP contribution >= 0.6 is 0 Å². The first-order valence-electron chi connectivity index (χ1n) is 7.90. The van der Waals surface area contributed by atoms with E-state index < -0.39 is 5.97 Å². The van der Waals surface area contributed by atoms with Crippen LogP contribution in [0, 0.1) is 13.8 Å². The number of nitrogens with zero attached hydrogens (tertiary/aromatic N) is 3. The number of aryl methyl sites for hydroxylation is 2. The van der Waals surface area contributed by atoms with Crippen molar-refractivity contribution in [3.63, 3.8) is 0 Å². The van der Waals surface area contributed by atoms with Gasteiger partial charge in [0.15, 0.2) is 0 Å². The van der Waals surface area contributed by atoms with Gasteiger partial charge in [-0.2, -0.15) is 5.10 Å². The summed E-state index contributed by atoms with van der Waals surface area (Å²) in [5.41, 5.74) is 3.44. The average Bonchev–Trinajstić information content (AvgIpc) is 3.10. The quantitative estimate of drug-likeness (QED) is 0.485. The highest BCUT2D eigenvalue weighted by Gasteiger charge is 2.23. The van der Waals surface area contributed by atoms with Gasteiger partial charge in [-0.3, -0.25) is 9.58 Å². The molecule has 0 N–H and O–H groups in total. The number of hydrogen-bond acceptors (Lipinski definition) is 5. The van der Waals surface area contributed by atoms with Gasteiger partial charge in [-0.05, 0) is 44.2 Å². The van der Waals surface area contributed by atoms with Crippen LogP contribution in [0.3, 0.4) is 0 Å². The molecule has 1 aromatic heterocycles. The van der Waals surface area contributed by atoms with Crippen molar-refractivity contribution in [1.29, 1.82) is 0 Å². The Morgan fingerprint density at radius 2 is 2.00 bits per heavy atom. The topological polar surface area (TPSA) is 73.7 Å². The molecule has 0 unspecified atom stereocenters. The Hall–Kier alpha value is -3.09. The van der Waals surface area contributed by atoms with Crippen molar-refractivity contribution < 1.29 is 19.1 Å². The highest BCUT2D eigenvalue weighted by molar-refractivity contribution is 5.90. The zero-order chi connectivity index (χ0) is 18.0. The van der Waals surface area contributed by atoms with E-state index in [1.807, 2.05) is 20.9 Å². The van der Waals surface area contributed by atoms with Crippen LogP contribution in [0.4, 0.5) is 10.5 Å². The number of hydrogen-bond donors (Lipinski definition) is 0. The fourth-order valence-corrected chi connectivity index (χ4v) is 2.65. The van der Waals surface area contributed by atoms with E-state index in [0.717, 1.165) is 17.0 Å². The zero-order valence-electron chi connectivity index (χ0n) is 14.4. The molecule has 7 nitrogen and oxygen atoms in total. The van der Waals surface area contributed by atoms with Gasteiger partial charge in [0.05, 0.1) is 12.2 Å². The van der Waals surface area contributed by atoms with E-state index in [4.69, 9.17) is 9.47 Å². The van der Waals surface area contributed by atoms with Crippen LogP contribution in [0.5, 0.6) is 5.75 Å². The van der Waals surface area contributed by atoms with Crippen LogP contribution in [0.25, 0.3) is 6.08 Å². The van der Waals surface area contributed by atoms with Crippen molar-refractivity contribution in [3.05, 3.63) is 47.3 Å². The van der Waals surface area contributed by atoms with E-state index in [2.05, 4.69) is 5.10 Å². The molecule has 1 amide bonds. The van der Waals surface area contributed by atoms with Crippen molar-refractivity contribution in [3.8, 4) is 5.75 Å². The second kappa shape index (κ2) is 6.80. The van der Waals surface area contributed by atoms with Gasteiger partial charge in [0.1, 0.15) is 12.4 Å². The van der Waals surface area contributed by atoms with E-state index in [9.17, 15) is 9.59 Å². The van der Waals surface area contributed by atoms with Crippen molar-refractivity contribution in [2.24, 2.45) is 7.05 Å². The molecule has 1 aliphatic rings. The minimum atomic E-state index is -0.476. The van der Waals surface area contributed by atoms with E-state index in [-0.39, 0.29) is 6.09 Å². The Morgan fingerprint density at radius 3 is 2.56 bits per heavy atom. The third-order valence-corrected chi connectivity index (χ3v) is 4.08. The number of carbonyl (C=O) groups is 2. The third-order valence-electron chi connectivity index (χ3n) is 4.08. The van der Waals surface area contributed by atoms with Gasteiger partial charge in [-0.1, -0.05) is 0 Å². The Morgan fingerprint density at radius 1 is 1.28 bits per heavy atom. The standard InChI is InChI=1S/C18H19N3O4/c1-12-16(13(2)20(3)19-12)8-9-17(22)25-15-6-4-14(5-7-15)21-10-11-24-18(21)23/h4-9H,10-11H2,1-3H3/b9-8+. The maximum atomic E-state index is 12.0.